The molecule has 0 aliphatic heterocycles. The number of nitro benzene ring substituents is 1. The van der Waals surface area contributed by atoms with Crippen LogP contribution in [0, 0.1) is 10.1 Å². The third-order valence-corrected chi connectivity index (χ3v) is 2.35. The number of carboxylic acids is 1. The number of rotatable bonds is 6. The van der Waals surface area contributed by atoms with Crippen molar-refractivity contribution in [3.05, 3.63) is 28.3 Å². The zero-order valence-corrected chi connectivity index (χ0v) is 10.6. The first-order valence-electron chi connectivity index (χ1n) is 5.42. The van der Waals surface area contributed by atoms with Crippen LogP contribution in [0.4, 0.5) is 18.9 Å². The van der Waals surface area contributed by atoms with Crippen molar-refractivity contribution in [3.63, 3.8) is 0 Å². The molecule has 1 aromatic carbocycles. The molecule has 0 aliphatic rings. The third-order valence-electron chi connectivity index (χ3n) is 2.35. The summed E-state index contributed by atoms with van der Waals surface area (Å²) in [6.07, 6.45) is -8.81. The van der Waals surface area contributed by atoms with Crippen molar-refractivity contribution in [2.45, 2.75) is 18.7 Å². The Morgan fingerprint density at radius 2 is 2.05 bits per heavy atom. The van der Waals surface area contributed by atoms with Gasteiger partial charge < -0.3 is 14.6 Å². The van der Waals surface area contributed by atoms with Gasteiger partial charge in [-0.25, -0.2) is 0 Å². The average molecular weight is 309 g/mol. The number of hydrogen-bond acceptors (Lipinski definition) is 5. The minimum absolute atomic E-state index is 0.302. The Morgan fingerprint density at radius 3 is 2.48 bits per heavy atom. The summed E-state index contributed by atoms with van der Waals surface area (Å²) >= 11 is 0. The van der Waals surface area contributed by atoms with Gasteiger partial charge in [-0.2, -0.15) is 13.2 Å². The maximum Gasteiger partial charge on any atom is 0.426 e. The second kappa shape index (κ2) is 6.29. The van der Waals surface area contributed by atoms with E-state index >= 15 is 0 Å². The van der Waals surface area contributed by atoms with Crippen molar-refractivity contribution >= 4 is 11.7 Å². The molecule has 0 bridgehead atoms. The van der Waals surface area contributed by atoms with E-state index in [4.69, 9.17) is 9.84 Å². The molecule has 1 atom stereocenters. The fourth-order valence-electron chi connectivity index (χ4n) is 1.40. The first-order valence-corrected chi connectivity index (χ1v) is 5.42. The Balaban J connectivity index is 3.08. The second-order valence-corrected chi connectivity index (χ2v) is 3.84. The summed E-state index contributed by atoms with van der Waals surface area (Å²) in [5, 5.41) is 19.0. The van der Waals surface area contributed by atoms with Gasteiger partial charge in [-0.1, -0.05) is 0 Å². The fourth-order valence-corrected chi connectivity index (χ4v) is 1.40. The Hall–Kier alpha value is -2.52. The molecule has 0 amide bonds. The van der Waals surface area contributed by atoms with Crippen molar-refractivity contribution in [1.82, 2.24) is 0 Å². The Bertz CT molecular complexity index is 545. The van der Waals surface area contributed by atoms with Crippen LogP contribution in [0.1, 0.15) is 6.42 Å². The lowest BCUT2D eigenvalue weighted by molar-refractivity contribution is -0.385. The number of halogens is 3. The van der Waals surface area contributed by atoms with Crippen molar-refractivity contribution in [1.29, 1.82) is 0 Å². The largest absolute Gasteiger partial charge is 0.493 e. The predicted molar refractivity (Wildman–Crippen MR) is 62.4 cm³/mol. The van der Waals surface area contributed by atoms with E-state index in [2.05, 4.69) is 4.74 Å². The quantitative estimate of drug-likeness (QED) is 0.640. The lowest BCUT2D eigenvalue weighted by Gasteiger charge is -2.21. The molecule has 0 heterocycles. The first-order chi connectivity index (χ1) is 9.65. The van der Waals surface area contributed by atoms with Crippen LogP contribution in [-0.4, -0.2) is 35.4 Å². The molecule has 1 unspecified atom stereocenters. The highest BCUT2D eigenvalue weighted by Gasteiger charge is 2.43. The van der Waals surface area contributed by atoms with Gasteiger partial charge in [0.1, 0.15) is 0 Å². The molecule has 0 aliphatic carbocycles. The lowest BCUT2D eigenvalue weighted by Crippen LogP contribution is -2.36. The van der Waals surface area contributed by atoms with Crippen molar-refractivity contribution < 1.29 is 37.5 Å². The van der Waals surface area contributed by atoms with Gasteiger partial charge >= 0.3 is 12.1 Å². The number of alkyl halides is 3. The molecule has 0 saturated heterocycles. The first kappa shape index (κ1) is 16.5. The topological polar surface area (TPSA) is 98.9 Å². The van der Waals surface area contributed by atoms with Crippen LogP contribution in [0.5, 0.6) is 11.5 Å². The predicted octanol–water partition coefficient (Wildman–Crippen LogP) is 2.39. The van der Waals surface area contributed by atoms with Gasteiger partial charge in [0.15, 0.2) is 11.5 Å². The molecular formula is C11H10F3NO6. The normalized spacial score (nSPS) is 12.6. The van der Waals surface area contributed by atoms with Gasteiger partial charge in [-0.3, -0.25) is 14.9 Å². The zero-order chi connectivity index (χ0) is 16.2. The van der Waals surface area contributed by atoms with E-state index < -0.39 is 41.0 Å². The van der Waals surface area contributed by atoms with Gasteiger partial charge in [0.05, 0.1) is 24.5 Å². The van der Waals surface area contributed by atoms with Gasteiger partial charge in [0.2, 0.25) is 6.10 Å². The molecule has 21 heavy (non-hydrogen) atoms. The highest BCUT2D eigenvalue weighted by atomic mass is 19.4. The van der Waals surface area contributed by atoms with E-state index in [0.717, 1.165) is 25.3 Å². The number of methoxy groups -OCH3 is 1. The van der Waals surface area contributed by atoms with E-state index in [1.165, 1.54) is 0 Å². The van der Waals surface area contributed by atoms with E-state index in [9.17, 15) is 28.1 Å². The van der Waals surface area contributed by atoms with Crippen molar-refractivity contribution in [3.8, 4) is 11.5 Å². The SMILES string of the molecule is COc1cc([N+](=O)[O-])ccc1OC(CC(=O)O)C(F)(F)F. The molecule has 0 aromatic heterocycles. The number of carbonyl (C=O) groups is 1. The summed E-state index contributed by atoms with van der Waals surface area (Å²) in [5.41, 5.74) is -0.402. The fraction of sp³-hybridized carbons (Fsp3) is 0.364. The molecular weight excluding hydrogens is 299 g/mol. The van der Waals surface area contributed by atoms with Crippen LogP contribution < -0.4 is 9.47 Å². The summed E-state index contributed by atoms with van der Waals surface area (Å²) in [4.78, 5) is 20.2. The molecule has 0 fully saturated rings. The minimum Gasteiger partial charge on any atom is -0.493 e. The van der Waals surface area contributed by atoms with Crippen LogP contribution in [-0.2, 0) is 4.79 Å². The Morgan fingerprint density at radius 1 is 1.43 bits per heavy atom. The van der Waals surface area contributed by atoms with Crippen LogP contribution in [0.15, 0.2) is 18.2 Å². The van der Waals surface area contributed by atoms with Gasteiger partial charge in [-0.15, -0.1) is 0 Å². The average Bonchev–Trinajstić information content (AvgIpc) is 2.36. The number of nitrogens with zero attached hydrogens (tertiary/aromatic N) is 1. The summed E-state index contributed by atoms with van der Waals surface area (Å²) in [6, 6.07) is 2.72. The molecule has 10 heteroatoms. The van der Waals surface area contributed by atoms with Crippen LogP contribution in [0.25, 0.3) is 0 Å². The minimum atomic E-state index is -4.91. The number of benzene rings is 1. The Labute approximate surface area is 116 Å². The van der Waals surface area contributed by atoms with Crippen LogP contribution >= 0.6 is 0 Å². The molecule has 0 radical (unpaired) electrons. The van der Waals surface area contributed by atoms with E-state index in [1.54, 1.807) is 0 Å². The van der Waals surface area contributed by atoms with Crippen molar-refractivity contribution in [2.75, 3.05) is 7.11 Å². The third kappa shape index (κ3) is 4.51. The molecule has 7 nitrogen and oxygen atoms in total. The van der Waals surface area contributed by atoms with Crippen LogP contribution in [0.3, 0.4) is 0 Å². The summed E-state index contributed by atoms with van der Waals surface area (Å²) in [6.45, 7) is 0. The molecule has 1 aromatic rings. The number of nitro groups is 1. The highest BCUT2D eigenvalue weighted by molar-refractivity contribution is 5.67. The number of aliphatic carboxylic acids is 1. The van der Waals surface area contributed by atoms with E-state index in [0.29, 0.717) is 0 Å². The molecule has 0 spiro atoms. The van der Waals surface area contributed by atoms with Gasteiger partial charge in [-0.05, 0) is 6.07 Å². The van der Waals surface area contributed by atoms with E-state index in [1.807, 2.05) is 0 Å². The standard InChI is InChI=1S/C11H10F3NO6/c1-20-8-4-6(15(18)19)2-3-7(8)21-9(5-10(16)17)11(12,13)14/h2-4,9H,5H2,1H3,(H,16,17). The number of ether oxygens (including phenoxy) is 2. The smallest absolute Gasteiger partial charge is 0.426 e. The molecule has 116 valence electrons. The summed E-state index contributed by atoms with van der Waals surface area (Å²) in [5.74, 6) is -2.44. The monoisotopic (exact) mass is 309 g/mol. The summed E-state index contributed by atoms with van der Waals surface area (Å²) in [7, 11) is 1.09. The molecule has 1 N–H and O–H groups in total. The number of non-ortho nitro benzene ring substituents is 1. The number of carboxylic acid groups (broad SMARTS) is 1. The second-order valence-electron chi connectivity index (χ2n) is 3.84. The molecule has 1 rings (SSSR count). The lowest BCUT2D eigenvalue weighted by atomic mass is 10.2. The zero-order valence-electron chi connectivity index (χ0n) is 10.6. The van der Waals surface area contributed by atoms with Gasteiger partial charge in [0.25, 0.3) is 5.69 Å². The van der Waals surface area contributed by atoms with Gasteiger partial charge in [0, 0.05) is 6.07 Å². The maximum atomic E-state index is 12.7. The molecule has 0 saturated carbocycles. The number of hydrogen-bond donors (Lipinski definition) is 1. The highest BCUT2D eigenvalue weighted by Crippen LogP contribution is 2.35. The Kier molecular flexibility index (Phi) is 4.95. The van der Waals surface area contributed by atoms with Crippen molar-refractivity contribution in [2.24, 2.45) is 0 Å². The maximum absolute atomic E-state index is 12.7. The van der Waals surface area contributed by atoms with E-state index in [-0.39, 0.29) is 5.75 Å². The van der Waals surface area contributed by atoms with Crippen LogP contribution in [0.2, 0.25) is 0 Å². The summed E-state index contributed by atoms with van der Waals surface area (Å²) < 4.78 is 47.3.